The van der Waals surface area contributed by atoms with Crippen molar-refractivity contribution in [2.75, 3.05) is 0 Å². The van der Waals surface area contributed by atoms with Crippen LogP contribution in [0, 0.1) is 0 Å². The van der Waals surface area contributed by atoms with Crippen molar-refractivity contribution in [1.82, 2.24) is 0 Å². The highest BCUT2D eigenvalue weighted by Crippen LogP contribution is 2.63. The smallest absolute Gasteiger partial charge is 0.00498 e. The lowest BCUT2D eigenvalue weighted by Gasteiger charge is -2.52. The number of hydrogen-bond acceptors (Lipinski definition) is 0. The van der Waals surface area contributed by atoms with E-state index in [1.165, 1.54) is 308 Å². The monoisotopic (exact) mass is 1390 g/mol. The molecule has 552 valence electrons. The Morgan fingerprint density at radius 2 is 0.173 bits per heavy atom. The Hall–Kier alpha value is -6.24. The lowest BCUT2D eigenvalue weighted by Crippen LogP contribution is -2.49. The molecule has 0 nitrogen and oxygen atoms in total. The van der Waals surface area contributed by atoms with E-state index in [4.69, 9.17) is 0 Å². The summed E-state index contributed by atoms with van der Waals surface area (Å²) < 4.78 is 0. The van der Waals surface area contributed by atoms with Crippen LogP contribution in [0.5, 0.6) is 0 Å². The normalized spacial score (nSPS) is 22.9. The standard InChI is InChI=1S/4C26H34/c4*1-2-12-20-25(19-11-1,23-15-7-5-8-16-23)26(21-13-3-4-14-22-26)24-17-9-6-10-18-24/h4*5-10,15-18H,1-4,11-14,19-22H2. The summed E-state index contributed by atoms with van der Waals surface area (Å²) in [7, 11) is 0. The lowest BCUT2D eigenvalue weighted by atomic mass is 9.51. The molecule has 0 saturated heterocycles. The average Bonchev–Trinajstić information content (AvgIpc) is 1.37. The molecule has 0 heterocycles. The average molecular weight is 1390 g/mol. The minimum absolute atomic E-state index is 0.316. The van der Waals surface area contributed by atoms with Crippen molar-refractivity contribution in [3.8, 4) is 0 Å². The molecule has 0 atom stereocenters. The summed E-state index contributed by atoms with van der Waals surface area (Å²) >= 11 is 0. The fraction of sp³-hybridized carbons (Fsp3) is 0.538. The van der Waals surface area contributed by atoms with Gasteiger partial charge in [0.05, 0.1) is 0 Å². The van der Waals surface area contributed by atoms with Crippen LogP contribution in [-0.2, 0) is 43.3 Å². The van der Waals surface area contributed by atoms with Crippen molar-refractivity contribution in [3.63, 3.8) is 0 Å². The zero-order valence-corrected chi connectivity index (χ0v) is 65.0. The summed E-state index contributed by atoms with van der Waals surface area (Å²) in [5.74, 6) is 0. The summed E-state index contributed by atoms with van der Waals surface area (Å²) in [6.07, 6.45) is 66.8. The highest BCUT2D eigenvalue weighted by Gasteiger charge is 2.56. The van der Waals surface area contributed by atoms with Crippen LogP contribution in [0.25, 0.3) is 0 Å². The molecule has 8 aromatic rings. The Morgan fingerprint density at radius 3 is 0.250 bits per heavy atom. The molecule has 104 heavy (non-hydrogen) atoms. The van der Waals surface area contributed by atoms with E-state index in [0.717, 1.165) is 0 Å². The molecule has 0 unspecified atom stereocenters. The second kappa shape index (κ2) is 37.5. The third-order valence-corrected chi connectivity index (χ3v) is 29.9. The minimum atomic E-state index is 0.316. The van der Waals surface area contributed by atoms with Crippen molar-refractivity contribution in [1.29, 1.82) is 0 Å². The van der Waals surface area contributed by atoms with Crippen LogP contribution in [0.2, 0.25) is 0 Å². The van der Waals surface area contributed by atoms with Gasteiger partial charge in [-0.05, 0) is 147 Å². The fourth-order valence-corrected chi connectivity index (χ4v) is 25.1. The Balaban J connectivity index is 0.000000123. The summed E-state index contributed by atoms with van der Waals surface area (Å²) in [5, 5.41) is 0. The predicted octanol–water partition coefficient (Wildman–Crippen LogP) is 30.3. The van der Waals surface area contributed by atoms with Gasteiger partial charge in [0, 0.05) is 43.3 Å². The largest absolute Gasteiger partial charge is 0.0622 e. The van der Waals surface area contributed by atoms with Crippen LogP contribution in [-0.4, -0.2) is 0 Å². The van der Waals surface area contributed by atoms with E-state index in [9.17, 15) is 0 Å². The molecule has 0 amide bonds. The Labute approximate surface area is 634 Å². The number of rotatable bonds is 12. The second-order valence-electron chi connectivity index (χ2n) is 34.9. The highest BCUT2D eigenvalue weighted by molar-refractivity contribution is 5.45. The maximum atomic E-state index is 2.45. The summed E-state index contributed by atoms with van der Waals surface area (Å²) in [6.45, 7) is 0. The highest BCUT2D eigenvalue weighted by atomic mass is 14.6. The minimum Gasteiger partial charge on any atom is -0.0622 e. The molecular weight excluding hydrogens is 1250 g/mol. The Kier molecular flexibility index (Phi) is 27.4. The van der Waals surface area contributed by atoms with E-state index in [0.29, 0.717) is 43.3 Å². The van der Waals surface area contributed by atoms with Gasteiger partial charge in [-0.2, -0.15) is 0 Å². The molecule has 16 rings (SSSR count). The summed E-state index contributed by atoms with van der Waals surface area (Å²) in [4.78, 5) is 0. The van der Waals surface area contributed by atoms with Crippen LogP contribution in [0.1, 0.15) is 353 Å². The van der Waals surface area contributed by atoms with E-state index >= 15 is 0 Å². The quantitative estimate of drug-likeness (QED) is 0.107. The van der Waals surface area contributed by atoms with Gasteiger partial charge in [-0.3, -0.25) is 0 Å². The topological polar surface area (TPSA) is 0 Å². The van der Waals surface area contributed by atoms with Gasteiger partial charge < -0.3 is 0 Å². The molecule has 0 N–H and O–H groups in total. The third-order valence-electron chi connectivity index (χ3n) is 29.9. The van der Waals surface area contributed by atoms with Gasteiger partial charge in [0.15, 0.2) is 0 Å². The van der Waals surface area contributed by atoms with Crippen LogP contribution in [0.15, 0.2) is 243 Å². The molecule has 0 aromatic heterocycles. The van der Waals surface area contributed by atoms with Gasteiger partial charge in [-0.25, -0.2) is 0 Å². The zero-order valence-electron chi connectivity index (χ0n) is 65.0. The second-order valence-corrected chi connectivity index (χ2v) is 34.9. The molecule has 8 saturated carbocycles. The molecule has 0 bridgehead atoms. The molecule has 8 aliphatic rings. The molecule has 0 heteroatoms. The van der Waals surface area contributed by atoms with Crippen LogP contribution >= 0.6 is 0 Å². The SMILES string of the molecule is c1ccc(C2(C3(c4ccccc4)CCCCCC3)CCCCCC2)cc1.c1ccc(C2(C3(c4ccccc4)CCCCCC3)CCCCCC2)cc1.c1ccc(C2(C3(c4ccccc4)CCCCCC3)CCCCCC2)cc1.c1ccc(C2(C3(c4ccccc4)CCCCCC3)CCCCCC2)cc1. The van der Waals surface area contributed by atoms with E-state index in [1.807, 2.05) is 0 Å². The van der Waals surface area contributed by atoms with Crippen molar-refractivity contribution in [2.45, 2.75) is 352 Å². The van der Waals surface area contributed by atoms with Gasteiger partial charge in [0.2, 0.25) is 0 Å². The van der Waals surface area contributed by atoms with E-state index in [-0.39, 0.29) is 0 Å². The molecule has 0 spiro atoms. The maximum absolute atomic E-state index is 2.45. The zero-order chi connectivity index (χ0) is 70.8. The first-order valence-corrected chi connectivity index (χ1v) is 43.9. The number of benzene rings is 8. The number of hydrogen-bond donors (Lipinski definition) is 0. The van der Waals surface area contributed by atoms with Crippen LogP contribution < -0.4 is 0 Å². The third kappa shape index (κ3) is 16.3. The summed E-state index contributed by atoms with van der Waals surface area (Å²) in [5.41, 5.74) is 15.5. The van der Waals surface area contributed by atoms with Gasteiger partial charge in [-0.15, -0.1) is 0 Å². The van der Waals surface area contributed by atoms with Gasteiger partial charge in [0.25, 0.3) is 0 Å². The Bertz CT molecular complexity index is 2860. The first kappa shape index (κ1) is 76.0. The fourth-order valence-electron chi connectivity index (χ4n) is 25.1. The predicted molar refractivity (Wildman–Crippen MR) is 447 cm³/mol. The summed E-state index contributed by atoms with van der Waals surface area (Å²) in [6, 6.07) is 93.1. The van der Waals surface area contributed by atoms with E-state index in [1.54, 1.807) is 44.5 Å². The van der Waals surface area contributed by atoms with Crippen molar-refractivity contribution in [2.24, 2.45) is 0 Å². The molecular formula is C104H136. The van der Waals surface area contributed by atoms with Crippen LogP contribution in [0.3, 0.4) is 0 Å². The van der Waals surface area contributed by atoms with Crippen molar-refractivity contribution >= 4 is 0 Å². The first-order chi connectivity index (χ1) is 51.5. The first-order valence-electron chi connectivity index (χ1n) is 43.9. The molecule has 8 aliphatic carbocycles. The Morgan fingerprint density at radius 1 is 0.0962 bits per heavy atom. The lowest BCUT2D eigenvalue weighted by molar-refractivity contribution is 0.157. The molecule has 0 radical (unpaired) electrons. The van der Waals surface area contributed by atoms with Gasteiger partial charge in [-0.1, -0.05) is 448 Å². The van der Waals surface area contributed by atoms with Gasteiger partial charge >= 0.3 is 0 Å². The molecule has 0 aliphatic heterocycles. The van der Waals surface area contributed by atoms with E-state index < -0.39 is 0 Å². The van der Waals surface area contributed by atoms with E-state index in [2.05, 4.69) is 243 Å². The van der Waals surface area contributed by atoms with Crippen LogP contribution in [0.4, 0.5) is 0 Å². The molecule has 8 aromatic carbocycles. The van der Waals surface area contributed by atoms with Gasteiger partial charge in [0.1, 0.15) is 0 Å². The van der Waals surface area contributed by atoms with Crippen molar-refractivity contribution < 1.29 is 0 Å². The molecule has 8 fully saturated rings. The van der Waals surface area contributed by atoms with Crippen molar-refractivity contribution in [3.05, 3.63) is 287 Å². The maximum Gasteiger partial charge on any atom is 0.00498 e.